The highest BCUT2D eigenvalue weighted by molar-refractivity contribution is 8.13. The van der Waals surface area contributed by atoms with Crippen LogP contribution < -0.4 is 10.9 Å². The van der Waals surface area contributed by atoms with Crippen molar-refractivity contribution in [1.82, 2.24) is 4.98 Å². The Kier molecular flexibility index (Phi) is 3.15. The summed E-state index contributed by atoms with van der Waals surface area (Å²) < 4.78 is 21.8. The molecule has 0 saturated carbocycles. The molecule has 82 valence electrons. The molecule has 0 aliphatic carbocycles. The lowest BCUT2D eigenvalue weighted by Gasteiger charge is -2.02. The van der Waals surface area contributed by atoms with Crippen LogP contribution in [0.5, 0.6) is 0 Å². The molecule has 15 heavy (non-hydrogen) atoms. The van der Waals surface area contributed by atoms with E-state index in [9.17, 15) is 18.0 Å². The molecule has 0 fully saturated rings. The van der Waals surface area contributed by atoms with Crippen LogP contribution in [0.1, 0.15) is 6.92 Å². The van der Waals surface area contributed by atoms with Gasteiger partial charge in [-0.2, -0.15) is 0 Å². The highest BCUT2D eigenvalue weighted by Crippen LogP contribution is 2.14. The van der Waals surface area contributed by atoms with Gasteiger partial charge >= 0.3 is 0 Å². The van der Waals surface area contributed by atoms with Crippen LogP contribution in [0.2, 0.25) is 0 Å². The molecule has 2 N–H and O–H groups in total. The first kappa shape index (κ1) is 11.7. The van der Waals surface area contributed by atoms with Crippen molar-refractivity contribution in [1.29, 1.82) is 0 Å². The SMILES string of the molecule is CC(=O)Nc1cc(S(=O)(=O)Cl)cc(=O)[nH]1. The van der Waals surface area contributed by atoms with E-state index in [0.29, 0.717) is 0 Å². The lowest BCUT2D eigenvalue weighted by atomic mass is 10.4. The monoisotopic (exact) mass is 250 g/mol. The van der Waals surface area contributed by atoms with Crippen molar-refractivity contribution >= 4 is 31.5 Å². The average molecular weight is 251 g/mol. The topological polar surface area (TPSA) is 96.1 Å². The van der Waals surface area contributed by atoms with Gasteiger partial charge in [0.1, 0.15) is 5.82 Å². The quantitative estimate of drug-likeness (QED) is 0.736. The zero-order valence-corrected chi connectivity index (χ0v) is 9.15. The maximum Gasteiger partial charge on any atom is 0.261 e. The number of rotatable bonds is 2. The van der Waals surface area contributed by atoms with Crippen molar-refractivity contribution in [3.05, 3.63) is 22.5 Å². The summed E-state index contributed by atoms with van der Waals surface area (Å²) in [6.45, 7) is 1.22. The molecule has 0 unspecified atom stereocenters. The van der Waals surface area contributed by atoms with Gasteiger partial charge in [-0.05, 0) is 6.07 Å². The van der Waals surface area contributed by atoms with Crippen LogP contribution in [0.25, 0.3) is 0 Å². The van der Waals surface area contributed by atoms with Gasteiger partial charge < -0.3 is 10.3 Å². The van der Waals surface area contributed by atoms with Crippen molar-refractivity contribution in [3.63, 3.8) is 0 Å². The first-order chi connectivity index (χ1) is 6.79. The fourth-order valence-electron chi connectivity index (χ4n) is 0.916. The highest BCUT2D eigenvalue weighted by Gasteiger charge is 2.12. The van der Waals surface area contributed by atoms with Gasteiger partial charge in [0, 0.05) is 23.7 Å². The van der Waals surface area contributed by atoms with Crippen LogP contribution in [0.4, 0.5) is 5.82 Å². The number of amides is 1. The first-order valence-corrected chi connectivity index (χ1v) is 6.06. The summed E-state index contributed by atoms with van der Waals surface area (Å²) in [6, 6.07) is 1.89. The van der Waals surface area contributed by atoms with Crippen molar-refractivity contribution in [3.8, 4) is 0 Å². The molecule has 0 aromatic carbocycles. The van der Waals surface area contributed by atoms with Gasteiger partial charge in [0.2, 0.25) is 5.91 Å². The number of anilines is 1. The van der Waals surface area contributed by atoms with Crippen LogP contribution in [0.3, 0.4) is 0 Å². The molecular weight excluding hydrogens is 244 g/mol. The smallest absolute Gasteiger partial charge is 0.261 e. The summed E-state index contributed by atoms with van der Waals surface area (Å²) in [4.78, 5) is 23.6. The number of nitrogens with one attached hydrogen (secondary N) is 2. The number of hydrogen-bond donors (Lipinski definition) is 2. The van der Waals surface area contributed by atoms with E-state index in [2.05, 4.69) is 10.3 Å². The Morgan fingerprint density at radius 2 is 2.07 bits per heavy atom. The lowest BCUT2D eigenvalue weighted by molar-refractivity contribution is -0.114. The minimum atomic E-state index is -3.98. The van der Waals surface area contributed by atoms with Gasteiger partial charge in [-0.1, -0.05) is 0 Å². The predicted molar refractivity (Wildman–Crippen MR) is 54.4 cm³/mol. The van der Waals surface area contributed by atoms with Gasteiger partial charge in [0.15, 0.2) is 0 Å². The Labute approximate surface area is 89.7 Å². The third-order valence-electron chi connectivity index (χ3n) is 1.41. The maximum absolute atomic E-state index is 11.0. The molecule has 1 amide bonds. The summed E-state index contributed by atoms with van der Waals surface area (Å²) in [5.74, 6) is -0.455. The Hall–Kier alpha value is -1.34. The van der Waals surface area contributed by atoms with E-state index < -0.39 is 20.5 Å². The molecule has 0 atom stereocenters. The van der Waals surface area contributed by atoms with E-state index in [1.165, 1.54) is 6.92 Å². The molecule has 0 aliphatic rings. The number of hydrogen-bond acceptors (Lipinski definition) is 4. The Balaban J connectivity index is 3.29. The summed E-state index contributed by atoms with van der Waals surface area (Å²) in [5.41, 5.74) is -0.666. The van der Waals surface area contributed by atoms with E-state index in [1.54, 1.807) is 0 Å². The number of carbonyl (C=O) groups is 1. The van der Waals surface area contributed by atoms with Gasteiger partial charge in [-0.3, -0.25) is 9.59 Å². The van der Waals surface area contributed by atoms with Gasteiger partial charge in [0.05, 0.1) is 4.90 Å². The van der Waals surface area contributed by atoms with Crippen LogP contribution >= 0.6 is 10.7 Å². The second-order valence-corrected chi connectivity index (χ2v) is 5.28. The number of H-pyrrole nitrogens is 1. The zero-order chi connectivity index (χ0) is 11.6. The number of aromatic nitrogens is 1. The maximum atomic E-state index is 11.0. The summed E-state index contributed by atoms with van der Waals surface area (Å²) in [5, 5.41) is 2.24. The van der Waals surface area contributed by atoms with Crippen LogP contribution in [0, 0.1) is 0 Å². The third kappa shape index (κ3) is 3.37. The number of halogens is 1. The Morgan fingerprint density at radius 3 is 2.53 bits per heavy atom. The molecule has 1 aromatic rings. The lowest BCUT2D eigenvalue weighted by Crippen LogP contribution is -2.14. The van der Waals surface area contributed by atoms with E-state index in [0.717, 1.165) is 12.1 Å². The van der Waals surface area contributed by atoms with Crippen molar-refractivity contribution in [2.45, 2.75) is 11.8 Å². The molecule has 1 aromatic heterocycles. The van der Waals surface area contributed by atoms with Gasteiger partial charge in [0.25, 0.3) is 14.6 Å². The Bertz CT molecular complexity index is 548. The minimum absolute atomic E-state index is 0.0192. The van der Waals surface area contributed by atoms with Crippen LogP contribution in [-0.2, 0) is 13.8 Å². The minimum Gasteiger partial charge on any atom is -0.312 e. The second kappa shape index (κ2) is 4.03. The predicted octanol–water partition coefficient (Wildman–Crippen LogP) is 0.261. The van der Waals surface area contributed by atoms with Crippen molar-refractivity contribution < 1.29 is 13.2 Å². The number of pyridine rings is 1. The first-order valence-electron chi connectivity index (χ1n) is 3.75. The number of aromatic amines is 1. The fraction of sp³-hybridized carbons (Fsp3) is 0.143. The fourth-order valence-corrected chi connectivity index (χ4v) is 1.69. The third-order valence-corrected chi connectivity index (χ3v) is 2.74. The van der Waals surface area contributed by atoms with Gasteiger partial charge in [-0.15, -0.1) is 0 Å². The second-order valence-electron chi connectivity index (χ2n) is 2.71. The molecule has 8 heteroatoms. The normalized spacial score (nSPS) is 11.1. The van der Waals surface area contributed by atoms with E-state index in [-0.39, 0.29) is 10.7 Å². The molecule has 1 rings (SSSR count). The summed E-state index contributed by atoms with van der Waals surface area (Å²) in [7, 11) is 1.06. The number of carbonyl (C=O) groups excluding carboxylic acids is 1. The van der Waals surface area contributed by atoms with Crippen LogP contribution in [-0.4, -0.2) is 19.3 Å². The van der Waals surface area contributed by atoms with Gasteiger partial charge in [-0.25, -0.2) is 8.42 Å². The molecule has 0 aliphatic heterocycles. The molecule has 0 bridgehead atoms. The molecule has 0 radical (unpaired) electrons. The van der Waals surface area contributed by atoms with Crippen LogP contribution in [0.15, 0.2) is 21.8 Å². The highest BCUT2D eigenvalue weighted by atomic mass is 35.7. The van der Waals surface area contributed by atoms with E-state index in [1.807, 2.05) is 0 Å². The molecular formula is C7H7ClN2O4S. The molecule has 0 spiro atoms. The summed E-state index contributed by atoms with van der Waals surface area (Å²) in [6.07, 6.45) is 0. The largest absolute Gasteiger partial charge is 0.312 e. The van der Waals surface area contributed by atoms with E-state index in [4.69, 9.17) is 10.7 Å². The Morgan fingerprint density at radius 1 is 1.47 bits per heavy atom. The molecule has 6 nitrogen and oxygen atoms in total. The standard InChI is InChI=1S/C7H7ClN2O4S/c1-4(11)9-6-2-5(15(8,13)14)3-7(12)10-6/h2-3H,1H3,(H2,9,10,11,12). The van der Waals surface area contributed by atoms with E-state index >= 15 is 0 Å². The van der Waals surface area contributed by atoms with Crippen molar-refractivity contribution in [2.24, 2.45) is 0 Å². The molecule has 1 heterocycles. The molecule has 0 saturated heterocycles. The average Bonchev–Trinajstić information content (AvgIpc) is 1.99. The summed E-state index contributed by atoms with van der Waals surface area (Å²) >= 11 is 0. The zero-order valence-electron chi connectivity index (χ0n) is 7.57. The van der Waals surface area contributed by atoms with Crippen molar-refractivity contribution in [2.75, 3.05) is 5.32 Å².